The zero-order chi connectivity index (χ0) is 16.0. The third-order valence-electron chi connectivity index (χ3n) is 4.26. The van der Waals surface area contributed by atoms with Gasteiger partial charge in [-0.1, -0.05) is 26.7 Å². The summed E-state index contributed by atoms with van der Waals surface area (Å²) in [4.78, 5) is 14.5. The Morgan fingerprint density at radius 1 is 1.29 bits per heavy atom. The normalized spacial score (nSPS) is 12.7. The molecule has 0 aliphatic carbocycles. The van der Waals surface area contributed by atoms with Crippen LogP contribution >= 0.6 is 0 Å². The fraction of sp³-hybridized carbons (Fsp3) is 0.588. The number of aryl methyl sites for hydroxylation is 1. The number of nitrogen functional groups attached to an aromatic ring is 1. The van der Waals surface area contributed by atoms with Crippen molar-refractivity contribution < 1.29 is 4.79 Å². The molecular weight excluding hydrogens is 262 g/mol. The number of carbonyl (C=O) groups is 1. The molecule has 0 spiro atoms. The summed E-state index contributed by atoms with van der Waals surface area (Å²) in [6, 6.07) is 5.76. The van der Waals surface area contributed by atoms with Gasteiger partial charge in [0.25, 0.3) is 5.91 Å². The second kappa shape index (κ2) is 8.03. The highest BCUT2D eigenvalue weighted by molar-refractivity contribution is 5.94. The van der Waals surface area contributed by atoms with Crippen LogP contribution in [-0.4, -0.2) is 37.5 Å². The van der Waals surface area contributed by atoms with Crippen LogP contribution in [0.25, 0.3) is 0 Å². The lowest BCUT2D eigenvalue weighted by Gasteiger charge is -2.31. The number of hydrogen-bond acceptors (Lipinski definition) is 3. The molecule has 21 heavy (non-hydrogen) atoms. The molecule has 1 aromatic carbocycles. The highest BCUT2D eigenvalue weighted by Gasteiger charge is 2.21. The van der Waals surface area contributed by atoms with Crippen LogP contribution in [0.4, 0.5) is 5.69 Å². The van der Waals surface area contributed by atoms with Crippen molar-refractivity contribution in [3.8, 4) is 0 Å². The maximum atomic E-state index is 12.3. The molecule has 0 bridgehead atoms. The number of amides is 1. The van der Waals surface area contributed by atoms with E-state index in [4.69, 9.17) is 5.73 Å². The third kappa shape index (κ3) is 4.74. The Hall–Kier alpha value is -1.55. The summed E-state index contributed by atoms with van der Waals surface area (Å²) in [5, 5.41) is 3.05. The minimum Gasteiger partial charge on any atom is -0.399 e. The van der Waals surface area contributed by atoms with Gasteiger partial charge < -0.3 is 16.0 Å². The maximum absolute atomic E-state index is 12.3. The quantitative estimate of drug-likeness (QED) is 0.759. The van der Waals surface area contributed by atoms with Crippen molar-refractivity contribution in [2.45, 2.75) is 39.7 Å². The van der Waals surface area contributed by atoms with Crippen molar-refractivity contribution in [2.75, 3.05) is 26.4 Å². The number of likely N-dealkylation sites (N-methyl/N-ethyl adjacent to an activating group) is 1. The Morgan fingerprint density at radius 3 is 2.38 bits per heavy atom. The summed E-state index contributed by atoms with van der Waals surface area (Å²) in [6.07, 6.45) is 2.24. The van der Waals surface area contributed by atoms with Gasteiger partial charge in [0.15, 0.2) is 0 Å². The van der Waals surface area contributed by atoms with Gasteiger partial charge in [-0.25, -0.2) is 0 Å². The second-order valence-corrected chi connectivity index (χ2v) is 5.89. The number of rotatable bonds is 7. The van der Waals surface area contributed by atoms with E-state index >= 15 is 0 Å². The van der Waals surface area contributed by atoms with Crippen molar-refractivity contribution in [2.24, 2.45) is 5.92 Å². The van der Waals surface area contributed by atoms with Crippen LogP contribution in [0.15, 0.2) is 18.2 Å². The minimum absolute atomic E-state index is 0.0316. The molecular formula is C17H29N3O. The molecule has 118 valence electrons. The van der Waals surface area contributed by atoms with Crippen molar-refractivity contribution >= 4 is 11.6 Å². The molecule has 0 aliphatic rings. The van der Waals surface area contributed by atoms with Gasteiger partial charge in [0, 0.05) is 23.8 Å². The summed E-state index contributed by atoms with van der Waals surface area (Å²) in [7, 11) is 4.14. The van der Waals surface area contributed by atoms with Gasteiger partial charge >= 0.3 is 0 Å². The molecule has 4 heteroatoms. The molecule has 1 rings (SSSR count). The van der Waals surface area contributed by atoms with Crippen LogP contribution in [0.5, 0.6) is 0 Å². The highest BCUT2D eigenvalue weighted by atomic mass is 16.1. The maximum Gasteiger partial charge on any atom is 0.251 e. The number of benzene rings is 1. The molecule has 1 unspecified atom stereocenters. The van der Waals surface area contributed by atoms with Crippen LogP contribution in [0, 0.1) is 12.8 Å². The third-order valence-corrected chi connectivity index (χ3v) is 4.26. The Morgan fingerprint density at radius 2 is 1.90 bits per heavy atom. The van der Waals surface area contributed by atoms with E-state index in [9.17, 15) is 4.79 Å². The number of nitrogens with zero attached hydrogens (tertiary/aromatic N) is 1. The molecule has 1 atom stereocenters. The number of nitrogens with one attached hydrogen (secondary N) is 1. The van der Waals surface area contributed by atoms with Gasteiger partial charge in [-0.05, 0) is 50.7 Å². The minimum atomic E-state index is -0.0316. The van der Waals surface area contributed by atoms with Crippen LogP contribution < -0.4 is 11.1 Å². The van der Waals surface area contributed by atoms with Crippen LogP contribution in [-0.2, 0) is 0 Å². The molecule has 0 heterocycles. The first kappa shape index (κ1) is 17.5. The number of carbonyl (C=O) groups excluding carboxylic acids is 1. The van der Waals surface area contributed by atoms with Gasteiger partial charge in [0.2, 0.25) is 0 Å². The van der Waals surface area contributed by atoms with Gasteiger partial charge in [0.05, 0.1) is 0 Å². The molecule has 4 nitrogen and oxygen atoms in total. The van der Waals surface area contributed by atoms with Crippen molar-refractivity contribution in [3.63, 3.8) is 0 Å². The fourth-order valence-electron chi connectivity index (χ4n) is 2.72. The van der Waals surface area contributed by atoms with Crippen molar-refractivity contribution in [1.29, 1.82) is 0 Å². The number of nitrogens with two attached hydrogens (primary N) is 1. The fourth-order valence-corrected chi connectivity index (χ4v) is 2.72. The first-order valence-electron chi connectivity index (χ1n) is 7.71. The van der Waals surface area contributed by atoms with E-state index in [0.717, 1.165) is 24.1 Å². The average molecular weight is 291 g/mol. The largest absolute Gasteiger partial charge is 0.399 e. The molecule has 0 saturated heterocycles. The molecule has 1 amide bonds. The monoisotopic (exact) mass is 291 g/mol. The predicted molar refractivity (Wildman–Crippen MR) is 89.5 cm³/mol. The molecule has 0 saturated carbocycles. The van der Waals surface area contributed by atoms with E-state index in [1.165, 1.54) is 0 Å². The van der Waals surface area contributed by atoms with Gasteiger partial charge in [0.1, 0.15) is 0 Å². The van der Waals surface area contributed by atoms with Crippen LogP contribution in [0.1, 0.15) is 42.6 Å². The Balaban J connectivity index is 2.71. The van der Waals surface area contributed by atoms with E-state index in [0.29, 0.717) is 24.1 Å². The summed E-state index contributed by atoms with van der Waals surface area (Å²) >= 11 is 0. The summed E-state index contributed by atoms with van der Waals surface area (Å²) in [5.41, 5.74) is 8.11. The van der Waals surface area contributed by atoms with E-state index in [1.54, 1.807) is 12.1 Å². The van der Waals surface area contributed by atoms with Gasteiger partial charge in [-0.3, -0.25) is 4.79 Å². The molecule has 0 aliphatic heterocycles. The van der Waals surface area contributed by atoms with E-state index in [-0.39, 0.29) is 5.91 Å². The summed E-state index contributed by atoms with van der Waals surface area (Å²) in [5.74, 6) is 0.560. The van der Waals surface area contributed by atoms with Gasteiger partial charge in [-0.2, -0.15) is 0 Å². The average Bonchev–Trinajstić information content (AvgIpc) is 2.45. The van der Waals surface area contributed by atoms with E-state index in [2.05, 4.69) is 38.2 Å². The second-order valence-electron chi connectivity index (χ2n) is 5.89. The van der Waals surface area contributed by atoms with Gasteiger partial charge in [-0.15, -0.1) is 0 Å². The van der Waals surface area contributed by atoms with Crippen molar-refractivity contribution in [3.05, 3.63) is 29.3 Å². The Labute approximate surface area is 128 Å². The summed E-state index contributed by atoms with van der Waals surface area (Å²) in [6.45, 7) is 6.99. The van der Waals surface area contributed by atoms with E-state index in [1.807, 2.05) is 13.0 Å². The number of anilines is 1. The van der Waals surface area contributed by atoms with E-state index < -0.39 is 0 Å². The topological polar surface area (TPSA) is 58.4 Å². The smallest absolute Gasteiger partial charge is 0.251 e. The van der Waals surface area contributed by atoms with Crippen molar-refractivity contribution in [1.82, 2.24) is 10.2 Å². The lowest BCUT2D eigenvalue weighted by Crippen LogP contribution is -2.44. The molecule has 0 aromatic heterocycles. The standard InChI is InChI=1S/C17H29N3O/c1-6-13(7-2)16(20(4)5)11-19-17(21)14-8-9-15(18)12(3)10-14/h8-10,13,16H,6-7,11,18H2,1-5H3,(H,19,21). The lowest BCUT2D eigenvalue weighted by molar-refractivity contribution is 0.0928. The highest BCUT2D eigenvalue weighted by Crippen LogP contribution is 2.17. The predicted octanol–water partition coefficient (Wildman–Crippen LogP) is 2.67. The first-order chi connectivity index (χ1) is 9.90. The summed E-state index contributed by atoms with van der Waals surface area (Å²) < 4.78 is 0. The zero-order valence-electron chi connectivity index (χ0n) is 13.9. The van der Waals surface area contributed by atoms with Crippen LogP contribution in [0.2, 0.25) is 0 Å². The zero-order valence-corrected chi connectivity index (χ0v) is 13.9. The Bertz CT molecular complexity index is 467. The Kier molecular flexibility index (Phi) is 6.69. The van der Waals surface area contributed by atoms with Crippen LogP contribution in [0.3, 0.4) is 0 Å². The molecule has 3 N–H and O–H groups in total. The lowest BCUT2D eigenvalue weighted by atomic mass is 9.93. The SMILES string of the molecule is CCC(CC)C(CNC(=O)c1ccc(N)c(C)c1)N(C)C. The molecule has 1 aromatic rings. The molecule has 0 radical (unpaired) electrons. The number of hydrogen-bond donors (Lipinski definition) is 2. The first-order valence-corrected chi connectivity index (χ1v) is 7.71. The molecule has 0 fully saturated rings.